The molecule has 1 saturated heterocycles. The summed E-state index contributed by atoms with van der Waals surface area (Å²) < 4.78 is 5.75. The van der Waals surface area contributed by atoms with Crippen LogP contribution in [0.5, 0.6) is 0 Å². The summed E-state index contributed by atoms with van der Waals surface area (Å²) in [5.74, 6) is 0. The van der Waals surface area contributed by atoms with Crippen LogP contribution in [0.3, 0.4) is 0 Å². The van der Waals surface area contributed by atoms with E-state index in [2.05, 4.69) is 46.1 Å². The van der Waals surface area contributed by atoms with Crippen LogP contribution < -0.4 is 4.90 Å². The van der Waals surface area contributed by atoms with Crippen LogP contribution in [0.2, 0.25) is 0 Å². The number of fused-ring (bicyclic) bond motifs is 1. The number of non-ortho nitro benzene ring substituents is 1. The lowest BCUT2D eigenvalue weighted by molar-refractivity contribution is -0.384. The third kappa shape index (κ3) is 3.75. The molecule has 1 aliphatic heterocycles. The summed E-state index contributed by atoms with van der Waals surface area (Å²) >= 11 is 0. The van der Waals surface area contributed by atoms with E-state index in [9.17, 15) is 10.1 Å². The second kappa shape index (κ2) is 7.85. The molecule has 0 aliphatic carbocycles. The van der Waals surface area contributed by atoms with Crippen molar-refractivity contribution in [1.29, 1.82) is 0 Å². The van der Waals surface area contributed by atoms with Gasteiger partial charge < -0.3 is 14.2 Å². The Balaban J connectivity index is 1.42. The average Bonchev–Trinajstić information content (AvgIpc) is 3.23. The Labute approximate surface area is 179 Å². The predicted octanol–water partition coefficient (Wildman–Crippen LogP) is 4.82. The van der Waals surface area contributed by atoms with Crippen LogP contribution in [-0.2, 0) is 0 Å². The van der Waals surface area contributed by atoms with E-state index in [4.69, 9.17) is 4.42 Å². The lowest BCUT2D eigenvalue weighted by atomic mass is 10.0. The quantitative estimate of drug-likeness (QED) is 0.352. The Morgan fingerprint density at radius 3 is 2.48 bits per heavy atom. The molecule has 0 radical (unpaired) electrons. The maximum absolute atomic E-state index is 11.1. The number of aromatic nitrogens is 1. The van der Waals surface area contributed by atoms with Crippen LogP contribution in [0.15, 0.2) is 71.5 Å². The summed E-state index contributed by atoms with van der Waals surface area (Å²) in [6.45, 7) is 4.23. The van der Waals surface area contributed by atoms with Crippen molar-refractivity contribution in [1.82, 2.24) is 9.88 Å². The minimum atomic E-state index is -0.400. The molecule has 0 amide bonds. The van der Waals surface area contributed by atoms with Crippen molar-refractivity contribution >= 4 is 22.5 Å². The standard InChI is InChI=1S/C24H22N4O3/c1-26-9-11-27(12-10-26)20-7-5-17(6-8-20)19-14-23-24(25-15-19)22(16-31-23)18-3-2-4-21(13-18)28(29)30/h2-8,13-16H,9-12H2,1H3. The first-order valence-electron chi connectivity index (χ1n) is 10.2. The molecule has 0 atom stereocenters. The number of hydrogen-bond acceptors (Lipinski definition) is 6. The number of likely N-dealkylation sites (N-methyl/N-ethyl adjacent to an activating group) is 1. The normalized spacial score (nSPS) is 14.8. The summed E-state index contributed by atoms with van der Waals surface area (Å²) in [4.78, 5) is 20.0. The molecule has 5 rings (SSSR count). The number of furan rings is 1. The van der Waals surface area contributed by atoms with E-state index < -0.39 is 4.92 Å². The fourth-order valence-electron chi connectivity index (χ4n) is 3.99. The number of piperazine rings is 1. The zero-order chi connectivity index (χ0) is 21.4. The molecule has 0 saturated carbocycles. The minimum Gasteiger partial charge on any atom is -0.462 e. The maximum Gasteiger partial charge on any atom is 0.270 e. The number of pyridine rings is 1. The molecule has 31 heavy (non-hydrogen) atoms. The molecule has 7 nitrogen and oxygen atoms in total. The van der Waals surface area contributed by atoms with Gasteiger partial charge in [-0.3, -0.25) is 15.1 Å². The van der Waals surface area contributed by atoms with E-state index in [1.54, 1.807) is 12.3 Å². The molecular weight excluding hydrogens is 392 g/mol. The second-order valence-corrected chi connectivity index (χ2v) is 7.86. The Morgan fingerprint density at radius 1 is 0.968 bits per heavy atom. The molecule has 0 bridgehead atoms. The number of benzene rings is 2. The molecular formula is C24H22N4O3. The molecule has 1 fully saturated rings. The third-order valence-electron chi connectivity index (χ3n) is 5.85. The van der Waals surface area contributed by atoms with Crippen LogP contribution in [0.1, 0.15) is 0 Å². The highest BCUT2D eigenvalue weighted by Gasteiger charge is 2.16. The van der Waals surface area contributed by atoms with Gasteiger partial charge in [0.1, 0.15) is 11.8 Å². The van der Waals surface area contributed by atoms with Gasteiger partial charge in [0.15, 0.2) is 5.58 Å². The van der Waals surface area contributed by atoms with E-state index in [0.717, 1.165) is 42.9 Å². The van der Waals surface area contributed by atoms with E-state index >= 15 is 0 Å². The van der Waals surface area contributed by atoms with Gasteiger partial charge in [-0.25, -0.2) is 0 Å². The Kier molecular flexibility index (Phi) is 4.88. The van der Waals surface area contributed by atoms with Gasteiger partial charge in [-0.1, -0.05) is 24.3 Å². The summed E-state index contributed by atoms with van der Waals surface area (Å²) in [6.07, 6.45) is 3.43. The van der Waals surface area contributed by atoms with Gasteiger partial charge in [-0.2, -0.15) is 0 Å². The number of nitro groups is 1. The highest BCUT2D eigenvalue weighted by molar-refractivity contribution is 5.92. The first-order chi connectivity index (χ1) is 15.1. The van der Waals surface area contributed by atoms with Gasteiger partial charge in [-0.05, 0) is 36.4 Å². The van der Waals surface area contributed by atoms with Crippen LogP contribution in [-0.4, -0.2) is 48.0 Å². The van der Waals surface area contributed by atoms with Crippen molar-refractivity contribution in [2.24, 2.45) is 0 Å². The third-order valence-corrected chi connectivity index (χ3v) is 5.85. The number of rotatable bonds is 4. The van der Waals surface area contributed by atoms with E-state index in [-0.39, 0.29) is 5.69 Å². The van der Waals surface area contributed by atoms with Crippen molar-refractivity contribution < 1.29 is 9.34 Å². The topological polar surface area (TPSA) is 75.7 Å². The number of nitrogens with zero attached hydrogens (tertiary/aromatic N) is 4. The van der Waals surface area contributed by atoms with Gasteiger partial charge in [0.05, 0.1) is 4.92 Å². The maximum atomic E-state index is 11.1. The second-order valence-electron chi connectivity index (χ2n) is 7.86. The van der Waals surface area contributed by atoms with Gasteiger partial charge in [0.25, 0.3) is 5.69 Å². The molecule has 2 aromatic carbocycles. The molecule has 4 aromatic rings. The molecule has 7 heteroatoms. The fourth-order valence-corrected chi connectivity index (χ4v) is 3.99. The van der Waals surface area contributed by atoms with Crippen molar-refractivity contribution in [2.45, 2.75) is 0 Å². The Hall–Kier alpha value is -3.71. The average molecular weight is 414 g/mol. The van der Waals surface area contributed by atoms with Gasteiger partial charge >= 0.3 is 0 Å². The van der Waals surface area contributed by atoms with Gasteiger partial charge in [0.2, 0.25) is 0 Å². The van der Waals surface area contributed by atoms with Gasteiger partial charge in [-0.15, -0.1) is 0 Å². The Morgan fingerprint density at radius 2 is 1.74 bits per heavy atom. The molecule has 1 aliphatic rings. The first-order valence-corrected chi connectivity index (χ1v) is 10.2. The number of nitro benzene ring substituents is 1. The van der Waals surface area contributed by atoms with Crippen LogP contribution >= 0.6 is 0 Å². The van der Waals surface area contributed by atoms with E-state index in [0.29, 0.717) is 16.7 Å². The summed E-state index contributed by atoms with van der Waals surface area (Å²) in [5.41, 5.74) is 6.12. The summed E-state index contributed by atoms with van der Waals surface area (Å²) in [5, 5.41) is 11.1. The highest BCUT2D eigenvalue weighted by atomic mass is 16.6. The summed E-state index contributed by atoms with van der Waals surface area (Å²) in [7, 11) is 2.16. The minimum absolute atomic E-state index is 0.0453. The SMILES string of the molecule is CN1CCN(c2ccc(-c3cnc4c(-c5cccc([N+](=O)[O-])c5)coc4c3)cc2)CC1. The lowest BCUT2D eigenvalue weighted by Crippen LogP contribution is -2.44. The molecule has 2 aromatic heterocycles. The van der Waals surface area contributed by atoms with Crippen molar-refractivity contribution in [2.75, 3.05) is 38.1 Å². The molecule has 0 unspecified atom stereocenters. The van der Waals surface area contributed by atoms with Crippen LogP contribution in [0.4, 0.5) is 11.4 Å². The van der Waals surface area contributed by atoms with Crippen molar-refractivity contribution in [3.05, 3.63) is 77.2 Å². The van der Waals surface area contributed by atoms with Crippen LogP contribution in [0, 0.1) is 10.1 Å². The zero-order valence-electron chi connectivity index (χ0n) is 17.2. The molecule has 0 N–H and O–H groups in total. The lowest BCUT2D eigenvalue weighted by Gasteiger charge is -2.34. The molecule has 0 spiro atoms. The van der Waals surface area contributed by atoms with Crippen molar-refractivity contribution in [3.8, 4) is 22.3 Å². The van der Waals surface area contributed by atoms with Crippen LogP contribution in [0.25, 0.3) is 33.4 Å². The summed E-state index contributed by atoms with van der Waals surface area (Å²) in [6, 6.07) is 17.0. The highest BCUT2D eigenvalue weighted by Crippen LogP contribution is 2.33. The fraction of sp³-hybridized carbons (Fsp3) is 0.208. The zero-order valence-corrected chi connectivity index (χ0v) is 17.2. The van der Waals surface area contributed by atoms with Crippen molar-refractivity contribution in [3.63, 3.8) is 0 Å². The predicted molar refractivity (Wildman–Crippen MR) is 121 cm³/mol. The largest absolute Gasteiger partial charge is 0.462 e. The monoisotopic (exact) mass is 414 g/mol. The molecule has 3 heterocycles. The van der Waals surface area contributed by atoms with E-state index in [1.165, 1.54) is 17.8 Å². The number of anilines is 1. The smallest absolute Gasteiger partial charge is 0.270 e. The number of hydrogen-bond donors (Lipinski definition) is 0. The molecule has 156 valence electrons. The Bertz CT molecular complexity index is 1240. The first kappa shape index (κ1) is 19.3. The van der Waals surface area contributed by atoms with Gasteiger partial charge in [0, 0.05) is 61.3 Å². The van der Waals surface area contributed by atoms with E-state index in [1.807, 2.05) is 18.3 Å².